The highest BCUT2D eigenvalue weighted by molar-refractivity contribution is 9.10. The van der Waals surface area contributed by atoms with Crippen LogP contribution in [0.1, 0.15) is 11.4 Å². The van der Waals surface area contributed by atoms with Gasteiger partial charge in [0.05, 0.1) is 13.0 Å². The largest absolute Gasteiger partial charge is 0.496 e. The standard InChI is InChI=1S/C15H13BrClN3O/c1-9-5-11(3-4-13(9)21-2)20-14(7-17)19-12-6-10(16)8-18-15(12)20/h3-6,8H,7H2,1-2H3. The zero-order valence-corrected chi connectivity index (χ0v) is 13.9. The topological polar surface area (TPSA) is 39.9 Å². The average Bonchev–Trinajstić information content (AvgIpc) is 2.84. The number of hydrogen-bond acceptors (Lipinski definition) is 3. The van der Waals surface area contributed by atoms with E-state index in [-0.39, 0.29) is 0 Å². The Bertz CT molecular complexity index is 816. The maximum Gasteiger partial charge on any atom is 0.164 e. The molecular formula is C15H13BrClN3O. The number of fused-ring (bicyclic) bond motifs is 1. The summed E-state index contributed by atoms with van der Waals surface area (Å²) in [6, 6.07) is 7.89. The molecule has 0 amide bonds. The van der Waals surface area contributed by atoms with Gasteiger partial charge in [0.1, 0.15) is 17.1 Å². The number of aryl methyl sites for hydroxylation is 1. The molecule has 1 aromatic carbocycles. The van der Waals surface area contributed by atoms with Gasteiger partial charge in [-0.25, -0.2) is 9.97 Å². The third kappa shape index (κ3) is 2.51. The Kier molecular flexibility index (Phi) is 3.87. The summed E-state index contributed by atoms with van der Waals surface area (Å²) in [7, 11) is 1.66. The van der Waals surface area contributed by atoms with Crippen LogP contribution in [-0.4, -0.2) is 21.6 Å². The van der Waals surface area contributed by atoms with Crippen LogP contribution in [0.25, 0.3) is 16.9 Å². The van der Waals surface area contributed by atoms with Gasteiger partial charge in [0.25, 0.3) is 0 Å². The highest BCUT2D eigenvalue weighted by Gasteiger charge is 2.14. The van der Waals surface area contributed by atoms with E-state index in [0.717, 1.165) is 38.5 Å². The molecular weight excluding hydrogens is 354 g/mol. The molecule has 4 nitrogen and oxygen atoms in total. The summed E-state index contributed by atoms with van der Waals surface area (Å²) in [5.74, 6) is 1.94. The first-order chi connectivity index (χ1) is 10.1. The lowest BCUT2D eigenvalue weighted by molar-refractivity contribution is 0.411. The van der Waals surface area contributed by atoms with Crippen LogP contribution in [0, 0.1) is 6.92 Å². The predicted molar refractivity (Wildman–Crippen MR) is 87.4 cm³/mol. The molecule has 0 unspecified atom stereocenters. The van der Waals surface area contributed by atoms with Crippen molar-refractivity contribution in [2.24, 2.45) is 0 Å². The Morgan fingerprint density at radius 2 is 2.14 bits per heavy atom. The Morgan fingerprint density at radius 1 is 1.33 bits per heavy atom. The van der Waals surface area contributed by atoms with Crippen molar-refractivity contribution in [2.75, 3.05) is 7.11 Å². The van der Waals surface area contributed by atoms with Crippen LogP contribution in [-0.2, 0) is 5.88 Å². The number of hydrogen-bond donors (Lipinski definition) is 0. The van der Waals surface area contributed by atoms with Crippen molar-refractivity contribution in [3.05, 3.63) is 46.3 Å². The summed E-state index contributed by atoms with van der Waals surface area (Å²) in [6.45, 7) is 2.01. The van der Waals surface area contributed by atoms with Crippen LogP contribution in [0.15, 0.2) is 34.9 Å². The zero-order chi connectivity index (χ0) is 15.0. The van der Waals surface area contributed by atoms with Gasteiger partial charge in [-0.2, -0.15) is 0 Å². The molecule has 108 valence electrons. The number of nitrogens with zero attached hydrogens (tertiary/aromatic N) is 3. The van der Waals surface area contributed by atoms with Gasteiger partial charge < -0.3 is 4.74 Å². The van der Waals surface area contributed by atoms with E-state index in [0.29, 0.717) is 5.88 Å². The van der Waals surface area contributed by atoms with Gasteiger partial charge >= 0.3 is 0 Å². The Labute approximate surface area is 135 Å². The number of pyridine rings is 1. The Morgan fingerprint density at radius 3 is 2.81 bits per heavy atom. The van der Waals surface area contributed by atoms with Crippen molar-refractivity contribution < 1.29 is 4.74 Å². The van der Waals surface area contributed by atoms with Crippen LogP contribution >= 0.6 is 27.5 Å². The van der Waals surface area contributed by atoms with Crippen molar-refractivity contribution in [3.8, 4) is 11.4 Å². The number of methoxy groups -OCH3 is 1. The minimum absolute atomic E-state index is 0.319. The molecule has 2 heterocycles. The van der Waals surface area contributed by atoms with Crippen LogP contribution in [0.4, 0.5) is 0 Å². The molecule has 21 heavy (non-hydrogen) atoms. The van der Waals surface area contributed by atoms with E-state index in [9.17, 15) is 0 Å². The van der Waals surface area contributed by atoms with Crippen molar-refractivity contribution in [1.29, 1.82) is 0 Å². The van der Waals surface area contributed by atoms with Gasteiger partial charge in [0.15, 0.2) is 5.65 Å². The fourth-order valence-electron chi connectivity index (χ4n) is 2.35. The second-order valence-corrected chi connectivity index (χ2v) is 5.83. The average molecular weight is 367 g/mol. The van der Waals surface area contributed by atoms with Gasteiger partial charge in [-0.15, -0.1) is 11.6 Å². The fraction of sp³-hybridized carbons (Fsp3) is 0.200. The Balaban J connectivity index is 2.25. The van der Waals surface area contributed by atoms with E-state index in [1.54, 1.807) is 13.3 Å². The molecule has 0 saturated carbocycles. The van der Waals surface area contributed by atoms with Crippen LogP contribution in [0.5, 0.6) is 5.75 Å². The minimum Gasteiger partial charge on any atom is -0.496 e. The quantitative estimate of drug-likeness (QED) is 0.651. The lowest BCUT2D eigenvalue weighted by atomic mass is 10.2. The molecule has 0 aliphatic carbocycles. The number of rotatable bonds is 3. The molecule has 0 bridgehead atoms. The molecule has 0 spiro atoms. The summed E-state index contributed by atoms with van der Waals surface area (Å²) < 4.78 is 8.17. The first-order valence-electron chi connectivity index (χ1n) is 6.38. The summed E-state index contributed by atoms with van der Waals surface area (Å²) in [6.07, 6.45) is 1.76. The summed E-state index contributed by atoms with van der Waals surface area (Å²) in [5.41, 5.74) is 3.63. The van der Waals surface area contributed by atoms with Crippen LogP contribution in [0.3, 0.4) is 0 Å². The minimum atomic E-state index is 0.319. The highest BCUT2D eigenvalue weighted by atomic mass is 79.9. The number of ether oxygens (including phenoxy) is 1. The van der Waals surface area contributed by atoms with E-state index >= 15 is 0 Å². The lowest BCUT2D eigenvalue weighted by Crippen LogP contribution is -2.01. The van der Waals surface area contributed by atoms with Gasteiger partial charge in [-0.3, -0.25) is 4.57 Å². The highest BCUT2D eigenvalue weighted by Crippen LogP contribution is 2.26. The summed E-state index contributed by atoms with van der Waals surface area (Å²) >= 11 is 9.46. The van der Waals surface area contributed by atoms with Gasteiger partial charge in [0.2, 0.25) is 0 Å². The van der Waals surface area contributed by atoms with Crippen LogP contribution in [0.2, 0.25) is 0 Å². The number of alkyl halides is 1. The van der Waals surface area contributed by atoms with Gasteiger partial charge in [-0.1, -0.05) is 0 Å². The smallest absolute Gasteiger partial charge is 0.164 e. The molecule has 3 aromatic rings. The lowest BCUT2D eigenvalue weighted by Gasteiger charge is -2.10. The first-order valence-corrected chi connectivity index (χ1v) is 7.70. The van der Waals surface area contributed by atoms with E-state index in [1.807, 2.05) is 35.8 Å². The second-order valence-electron chi connectivity index (χ2n) is 4.65. The summed E-state index contributed by atoms with van der Waals surface area (Å²) in [4.78, 5) is 9.01. The molecule has 0 atom stereocenters. The van der Waals surface area contributed by atoms with Crippen molar-refractivity contribution >= 4 is 38.7 Å². The van der Waals surface area contributed by atoms with Crippen molar-refractivity contribution in [1.82, 2.24) is 14.5 Å². The number of benzene rings is 1. The third-order valence-electron chi connectivity index (χ3n) is 3.29. The maximum absolute atomic E-state index is 6.04. The molecule has 0 aliphatic heterocycles. The Hall–Kier alpha value is -1.59. The van der Waals surface area contributed by atoms with E-state index in [4.69, 9.17) is 16.3 Å². The van der Waals surface area contributed by atoms with Crippen LogP contribution < -0.4 is 4.74 Å². The number of imidazole rings is 1. The zero-order valence-electron chi connectivity index (χ0n) is 11.6. The molecule has 0 fully saturated rings. The maximum atomic E-state index is 6.04. The normalized spacial score (nSPS) is 11.0. The van der Waals surface area contributed by atoms with E-state index in [2.05, 4.69) is 25.9 Å². The van der Waals surface area contributed by atoms with Gasteiger partial charge in [0, 0.05) is 16.4 Å². The predicted octanol–water partition coefficient (Wildman–Crippen LogP) is 4.24. The molecule has 2 aromatic heterocycles. The molecule has 0 saturated heterocycles. The summed E-state index contributed by atoms with van der Waals surface area (Å²) in [5, 5.41) is 0. The second kappa shape index (κ2) is 5.66. The molecule has 0 aliphatic rings. The fourth-order valence-corrected chi connectivity index (χ4v) is 2.85. The molecule has 0 N–H and O–H groups in total. The van der Waals surface area contributed by atoms with E-state index < -0.39 is 0 Å². The van der Waals surface area contributed by atoms with Gasteiger partial charge in [-0.05, 0) is 52.7 Å². The molecule has 0 radical (unpaired) electrons. The monoisotopic (exact) mass is 365 g/mol. The number of aromatic nitrogens is 3. The number of halogens is 2. The van der Waals surface area contributed by atoms with Crippen molar-refractivity contribution in [2.45, 2.75) is 12.8 Å². The third-order valence-corrected chi connectivity index (χ3v) is 3.96. The SMILES string of the molecule is COc1ccc(-n2c(CCl)nc3cc(Br)cnc32)cc1C. The first kappa shape index (κ1) is 14.4. The van der Waals surface area contributed by atoms with Crippen molar-refractivity contribution in [3.63, 3.8) is 0 Å². The molecule has 3 rings (SSSR count). The molecule has 6 heteroatoms. The van der Waals surface area contributed by atoms with E-state index in [1.165, 1.54) is 0 Å².